The molecule has 2 heterocycles. The highest BCUT2D eigenvalue weighted by molar-refractivity contribution is 6.01. The van der Waals surface area contributed by atoms with Gasteiger partial charge in [-0.05, 0) is 49.2 Å². The summed E-state index contributed by atoms with van der Waals surface area (Å²) in [5, 5.41) is 5.06. The monoisotopic (exact) mass is 381 g/mol. The number of urea groups is 1. The van der Waals surface area contributed by atoms with Gasteiger partial charge < -0.3 is 14.8 Å². The normalized spacial score (nSPS) is 18.5. The molecule has 2 aliphatic heterocycles. The quantitative estimate of drug-likeness (QED) is 0.851. The van der Waals surface area contributed by atoms with Crippen molar-refractivity contribution in [2.45, 2.75) is 18.9 Å². The number of hydrogen-bond acceptors (Lipinski definition) is 5. The van der Waals surface area contributed by atoms with E-state index in [0.717, 1.165) is 36.4 Å². The third-order valence-electron chi connectivity index (χ3n) is 4.95. The van der Waals surface area contributed by atoms with Crippen LogP contribution >= 0.6 is 0 Å². The standard InChI is InChI=1S/C21H23N3O4/c25-20(23-21(26)22-16-5-2-1-3-6-16)14-24-10-4-7-17(24)15-8-9-18-19(13-15)28-12-11-27-18/h1-3,5-6,8-9,13,17H,4,7,10-12,14H2,(H2,22,23,25,26)/t17-/m0/s1. The predicted octanol–water partition coefficient (Wildman–Crippen LogP) is 2.94. The van der Waals surface area contributed by atoms with Gasteiger partial charge in [0, 0.05) is 11.7 Å². The zero-order chi connectivity index (χ0) is 19.3. The van der Waals surface area contributed by atoms with E-state index in [1.807, 2.05) is 36.4 Å². The highest BCUT2D eigenvalue weighted by Crippen LogP contribution is 2.37. The Bertz CT molecular complexity index is 856. The molecule has 2 aromatic rings. The molecule has 146 valence electrons. The second-order valence-corrected chi connectivity index (χ2v) is 6.90. The Labute approximate surface area is 163 Å². The lowest BCUT2D eigenvalue weighted by Gasteiger charge is -2.26. The zero-order valence-corrected chi connectivity index (χ0v) is 15.5. The second kappa shape index (κ2) is 8.31. The maximum atomic E-state index is 12.4. The molecular weight excluding hydrogens is 358 g/mol. The molecule has 0 radical (unpaired) electrons. The van der Waals surface area contributed by atoms with Crippen molar-refractivity contribution in [3.63, 3.8) is 0 Å². The molecule has 0 spiro atoms. The van der Waals surface area contributed by atoms with Crippen molar-refractivity contribution >= 4 is 17.6 Å². The van der Waals surface area contributed by atoms with Gasteiger partial charge in [-0.1, -0.05) is 24.3 Å². The lowest BCUT2D eigenvalue weighted by atomic mass is 10.0. The third kappa shape index (κ3) is 4.26. The van der Waals surface area contributed by atoms with Gasteiger partial charge in [-0.15, -0.1) is 0 Å². The van der Waals surface area contributed by atoms with Crippen molar-refractivity contribution < 1.29 is 19.1 Å². The number of anilines is 1. The van der Waals surface area contributed by atoms with Crippen molar-refractivity contribution in [1.82, 2.24) is 10.2 Å². The van der Waals surface area contributed by atoms with Crippen molar-refractivity contribution in [3.05, 3.63) is 54.1 Å². The molecule has 0 unspecified atom stereocenters. The molecule has 1 atom stereocenters. The lowest BCUT2D eigenvalue weighted by molar-refractivity contribution is -0.121. The van der Waals surface area contributed by atoms with E-state index in [0.29, 0.717) is 18.9 Å². The van der Waals surface area contributed by atoms with Gasteiger partial charge >= 0.3 is 6.03 Å². The molecule has 1 saturated heterocycles. The first-order valence-corrected chi connectivity index (χ1v) is 9.48. The van der Waals surface area contributed by atoms with E-state index in [4.69, 9.17) is 9.47 Å². The number of amides is 3. The van der Waals surface area contributed by atoms with Gasteiger partial charge in [-0.2, -0.15) is 0 Å². The van der Waals surface area contributed by atoms with Crippen LogP contribution < -0.4 is 20.1 Å². The molecule has 0 bridgehead atoms. The molecule has 7 nitrogen and oxygen atoms in total. The highest BCUT2D eigenvalue weighted by Gasteiger charge is 2.29. The summed E-state index contributed by atoms with van der Waals surface area (Å²) in [6.07, 6.45) is 1.96. The maximum absolute atomic E-state index is 12.4. The fraction of sp³-hybridized carbons (Fsp3) is 0.333. The van der Waals surface area contributed by atoms with Crippen LogP contribution in [-0.2, 0) is 4.79 Å². The lowest BCUT2D eigenvalue weighted by Crippen LogP contribution is -2.41. The average Bonchev–Trinajstić information content (AvgIpc) is 3.16. The molecule has 3 amide bonds. The van der Waals surface area contributed by atoms with Gasteiger partial charge in [0.1, 0.15) is 13.2 Å². The SMILES string of the molecule is O=C(CN1CCC[C@H]1c1ccc2c(c1)OCCO2)NC(=O)Nc1ccccc1. The Morgan fingerprint density at radius 1 is 1.04 bits per heavy atom. The number of likely N-dealkylation sites (tertiary alicyclic amines) is 1. The Morgan fingerprint density at radius 2 is 1.82 bits per heavy atom. The minimum Gasteiger partial charge on any atom is -0.486 e. The van der Waals surface area contributed by atoms with Crippen LogP contribution in [0.15, 0.2) is 48.5 Å². The average molecular weight is 381 g/mol. The van der Waals surface area contributed by atoms with Gasteiger partial charge in [0.05, 0.1) is 6.54 Å². The van der Waals surface area contributed by atoms with E-state index in [9.17, 15) is 9.59 Å². The first-order chi connectivity index (χ1) is 13.7. The second-order valence-electron chi connectivity index (χ2n) is 6.90. The smallest absolute Gasteiger partial charge is 0.325 e. The van der Waals surface area contributed by atoms with E-state index in [1.54, 1.807) is 12.1 Å². The van der Waals surface area contributed by atoms with Crippen LogP contribution in [0.25, 0.3) is 0 Å². The fourth-order valence-corrected chi connectivity index (χ4v) is 3.69. The molecule has 7 heteroatoms. The van der Waals surface area contributed by atoms with Crippen LogP contribution in [0.5, 0.6) is 11.5 Å². The van der Waals surface area contributed by atoms with E-state index in [-0.39, 0.29) is 18.5 Å². The molecule has 2 aromatic carbocycles. The number of rotatable bonds is 4. The molecular formula is C21H23N3O4. The van der Waals surface area contributed by atoms with E-state index >= 15 is 0 Å². The number of hydrogen-bond donors (Lipinski definition) is 2. The van der Waals surface area contributed by atoms with Crippen LogP contribution in [-0.4, -0.2) is 43.1 Å². The maximum Gasteiger partial charge on any atom is 0.325 e. The first kappa shape index (κ1) is 18.3. The molecule has 2 N–H and O–H groups in total. The summed E-state index contributed by atoms with van der Waals surface area (Å²) in [6, 6.07) is 14.6. The summed E-state index contributed by atoms with van der Waals surface area (Å²) in [7, 11) is 0. The Morgan fingerprint density at radius 3 is 2.64 bits per heavy atom. The van der Waals surface area contributed by atoms with Crippen LogP contribution in [0.4, 0.5) is 10.5 Å². The number of ether oxygens (including phenoxy) is 2. The van der Waals surface area contributed by atoms with Crippen LogP contribution in [0.3, 0.4) is 0 Å². The fourth-order valence-electron chi connectivity index (χ4n) is 3.69. The van der Waals surface area contributed by atoms with Crippen LogP contribution in [0, 0.1) is 0 Å². The number of nitrogens with zero attached hydrogens (tertiary/aromatic N) is 1. The Balaban J connectivity index is 1.36. The van der Waals surface area contributed by atoms with E-state index in [1.165, 1.54) is 0 Å². The highest BCUT2D eigenvalue weighted by atomic mass is 16.6. The number of imide groups is 1. The topological polar surface area (TPSA) is 79.9 Å². The van der Waals surface area contributed by atoms with E-state index < -0.39 is 6.03 Å². The van der Waals surface area contributed by atoms with E-state index in [2.05, 4.69) is 15.5 Å². The summed E-state index contributed by atoms with van der Waals surface area (Å²) < 4.78 is 11.3. The number of fused-ring (bicyclic) bond motifs is 1. The number of benzene rings is 2. The Hall–Kier alpha value is -3.06. The van der Waals surface area contributed by atoms with Gasteiger partial charge in [0.25, 0.3) is 0 Å². The largest absolute Gasteiger partial charge is 0.486 e. The molecule has 1 fully saturated rings. The van der Waals surface area contributed by atoms with Gasteiger partial charge in [-0.25, -0.2) is 4.79 Å². The molecule has 0 saturated carbocycles. The molecule has 2 aliphatic rings. The minimum absolute atomic E-state index is 0.124. The molecule has 0 aromatic heterocycles. The number of nitrogens with one attached hydrogen (secondary N) is 2. The number of carbonyl (C=O) groups excluding carboxylic acids is 2. The molecule has 28 heavy (non-hydrogen) atoms. The van der Waals surface area contributed by atoms with Crippen LogP contribution in [0.2, 0.25) is 0 Å². The first-order valence-electron chi connectivity index (χ1n) is 9.48. The summed E-state index contributed by atoms with van der Waals surface area (Å²) in [5.74, 6) is 1.19. The third-order valence-corrected chi connectivity index (χ3v) is 4.95. The number of carbonyl (C=O) groups is 2. The summed E-state index contributed by atoms with van der Waals surface area (Å²) in [5.41, 5.74) is 1.74. The molecule has 0 aliphatic carbocycles. The van der Waals surface area contributed by atoms with Crippen molar-refractivity contribution in [1.29, 1.82) is 0 Å². The van der Waals surface area contributed by atoms with Gasteiger partial charge in [-0.3, -0.25) is 15.0 Å². The number of para-hydroxylation sites is 1. The predicted molar refractivity (Wildman–Crippen MR) is 105 cm³/mol. The van der Waals surface area contributed by atoms with Gasteiger partial charge in [0.2, 0.25) is 5.91 Å². The summed E-state index contributed by atoms with van der Waals surface area (Å²) in [4.78, 5) is 26.5. The Kier molecular flexibility index (Phi) is 5.43. The minimum atomic E-state index is -0.522. The van der Waals surface area contributed by atoms with Gasteiger partial charge in [0.15, 0.2) is 11.5 Å². The summed E-state index contributed by atoms with van der Waals surface area (Å²) >= 11 is 0. The van der Waals surface area contributed by atoms with Crippen molar-refractivity contribution in [3.8, 4) is 11.5 Å². The zero-order valence-electron chi connectivity index (χ0n) is 15.5. The summed E-state index contributed by atoms with van der Waals surface area (Å²) in [6.45, 7) is 2.09. The molecule has 4 rings (SSSR count). The van der Waals surface area contributed by atoms with Crippen molar-refractivity contribution in [2.24, 2.45) is 0 Å². The van der Waals surface area contributed by atoms with Crippen LogP contribution in [0.1, 0.15) is 24.4 Å². The van der Waals surface area contributed by atoms with Crippen molar-refractivity contribution in [2.75, 3.05) is 31.6 Å².